The van der Waals surface area contributed by atoms with E-state index in [-0.39, 0.29) is 6.61 Å². The van der Waals surface area contributed by atoms with Crippen molar-refractivity contribution < 1.29 is 29.2 Å². The minimum absolute atomic E-state index is 0.231. The molecule has 0 aliphatic carbocycles. The van der Waals surface area contributed by atoms with Crippen LogP contribution < -0.4 is 0 Å². The largest absolute Gasteiger partial charge is 0.394 e. The lowest BCUT2D eigenvalue weighted by molar-refractivity contribution is -0.201. The van der Waals surface area contributed by atoms with Crippen molar-refractivity contribution in [2.45, 2.75) is 50.7 Å². The van der Waals surface area contributed by atoms with Crippen LogP contribution in [-0.2, 0) is 24.7 Å². The second kappa shape index (κ2) is 6.48. The standard InChI is InChI=1S/C14H23NO6S/c1-13(2)20-8(7-16)11(21-13)10(17)9-6-15-12(22-9)14(3,18-4)19-5/h6,8,10-11,16-17H,7H2,1-5H3/t8-,10+,11-/m1/s1. The van der Waals surface area contributed by atoms with E-state index in [0.717, 1.165) is 0 Å². The van der Waals surface area contributed by atoms with Gasteiger partial charge in [-0.05, 0) is 20.8 Å². The first kappa shape index (κ1) is 17.7. The quantitative estimate of drug-likeness (QED) is 0.755. The first-order chi connectivity index (χ1) is 10.3. The molecule has 3 atom stereocenters. The molecule has 0 amide bonds. The van der Waals surface area contributed by atoms with Gasteiger partial charge < -0.3 is 29.2 Å². The Morgan fingerprint density at radius 3 is 2.59 bits per heavy atom. The molecule has 0 aromatic carbocycles. The summed E-state index contributed by atoms with van der Waals surface area (Å²) in [6.07, 6.45) is -0.649. The second-order valence-corrected chi connectivity index (χ2v) is 6.75. The average molecular weight is 333 g/mol. The summed E-state index contributed by atoms with van der Waals surface area (Å²) in [7, 11) is 3.05. The van der Waals surface area contributed by atoms with Gasteiger partial charge >= 0.3 is 0 Å². The number of hydrogen-bond donors (Lipinski definition) is 2. The second-order valence-electron chi connectivity index (χ2n) is 5.69. The molecule has 2 rings (SSSR count). The Hall–Kier alpha value is -0.610. The van der Waals surface area contributed by atoms with E-state index in [0.29, 0.717) is 9.88 Å². The van der Waals surface area contributed by atoms with E-state index in [1.165, 1.54) is 25.6 Å². The predicted octanol–water partition coefficient (Wildman–Crippen LogP) is 1.15. The van der Waals surface area contributed by atoms with Gasteiger partial charge in [0, 0.05) is 20.4 Å². The van der Waals surface area contributed by atoms with E-state index in [9.17, 15) is 10.2 Å². The summed E-state index contributed by atoms with van der Waals surface area (Å²) in [6, 6.07) is 0. The fourth-order valence-electron chi connectivity index (χ4n) is 2.33. The Bertz CT molecular complexity index is 501. The van der Waals surface area contributed by atoms with Crippen molar-refractivity contribution in [1.82, 2.24) is 4.98 Å². The number of hydrogen-bond acceptors (Lipinski definition) is 8. The van der Waals surface area contributed by atoms with Crippen LogP contribution in [0.4, 0.5) is 0 Å². The van der Waals surface area contributed by atoms with Gasteiger partial charge in [-0.15, -0.1) is 11.3 Å². The number of ether oxygens (including phenoxy) is 4. The van der Waals surface area contributed by atoms with E-state index < -0.39 is 29.9 Å². The van der Waals surface area contributed by atoms with Gasteiger partial charge in [0.2, 0.25) is 5.79 Å². The number of nitrogens with zero attached hydrogens (tertiary/aromatic N) is 1. The predicted molar refractivity (Wildman–Crippen MR) is 79.4 cm³/mol. The summed E-state index contributed by atoms with van der Waals surface area (Å²) in [6.45, 7) is 5.00. The smallest absolute Gasteiger partial charge is 0.218 e. The summed E-state index contributed by atoms with van der Waals surface area (Å²) in [5.41, 5.74) is 0. The highest BCUT2D eigenvalue weighted by Crippen LogP contribution is 2.38. The third-order valence-corrected chi connectivity index (χ3v) is 4.95. The highest BCUT2D eigenvalue weighted by molar-refractivity contribution is 7.11. The zero-order valence-electron chi connectivity index (χ0n) is 13.4. The summed E-state index contributed by atoms with van der Waals surface area (Å²) in [4.78, 5) is 4.86. The van der Waals surface area contributed by atoms with E-state index >= 15 is 0 Å². The van der Waals surface area contributed by atoms with Gasteiger partial charge in [0.25, 0.3) is 0 Å². The van der Waals surface area contributed by atoms with Crippen LogP contribution >= 0.6 is 11.3 Å². The summed E-state index contributed by atoms with van der Waals surface area (Å²) in [5, 5.41) is 20.5. The zero-order chi connectivity index (χ0) is 16.5. The molecule has 2 N–H and O–H groups in total. The van der Waals surface area contributed by atoms with Gasteiger partial charge in [-0.3, -0.25) is 0 Å². The SMILES string of the molecule is COC(C)(OC)c1ncc([C@H](O)[C@@H]2OC(C)(C)O[C@@H]2CO)s1. The molecule has 0 unspecified atom stereocenters. The van der Waals surface area contributed by atoms with Gasteiger partial charge in [-0.2, -0.15) is 0 Å². The Morgan fingerprint density at radius 1 is 1.41 bits per heavy atom. The molecular weight excluding hydrogens is 310 g/mol. The zero-order valence-corrected chi connectivity index (χ0v) is 14.2. The van der Waals surface area contributed by atoms with Gasteiger partial charge in [-0.25, -0.2) is 4.98 Å². The van der Waals surface area contributed by atoms with Crippen LogP contribution in [0.5, 0.6) is 0 Å². The number of rotatable bonds is 6. The Kier molecular flexibility index (Phi) is 5.23. The van der Waals surface area contributed by atoms with Crippen LogP contribution in [0.25, 0.3) is 0 Å². The van der Waals surface area contributed by atoms with Crippen LogP contribution in [0, 0.1) is 0 Å². The van der Waals surface area contributed by atoms with Crippen molar-refractivity contribution >= 4 is 11.3 Å². The highest BCUT2D eigenvalue weighted by Gasteiger charge is 2.45. The minimum Gasteiger partial charge on any atom is -0.394 e. The molecule has 126 valence electrons. The molecule has 7 nitrogen and oxygen atoms in total. The minimum atomic E-state index is -0.967. The molecule has 8 heteroatoms. The lowest BCUT2D eigenvalue weighted by Crippen LogP contribution is -2.31. The Balaban J connectivity index is 2.20. The maximum atomic E-state index is 10.6. The van der Waals surface area contributed by atoms with Gasteiger partial charge in [0.1, 0.15) is 18.3 Å². The number of aliphatic hydroxyl groups excluding tert-OH is 2. The lowest BCUT2D eigenvalue weighted by Gasteiger charge is -2.23. The topological polar surface area (TPSA) is 90.3 Å². The molecule has 0 spiro atoms. The molecule has 2 heterocycles. The fraction of sp³-hybridized carbons (Fsp3) is 0.786. The molecule has 0 radical (unpaired) electrons. The molecular formula is C14H23NO6S. The van der Waals surface area contributed by atoms with Crippen molar-refractivity contribution in [2.24, 2.45) is 0 Å². The van der Waals surface area contributed by atoms with E-state index in [4.69, 9.17) is 18.9 Å². The number of thiazole rings is 1. The molecule has 1 saturated heterocycles. The molecule has 1 aromatic rings. The maximum Gasteiger partial charge on any atom is 0.218 e. The number of aliphatic hydroxyl groups is 2. The van der Waals surface area contributed by atoms with Crippen LogP contribution in [0.3, 0.4) is 0 Å². The van der Waals surface area contributed by atoms with E-state index in [1.54, 1.807) is 27.0 Å². The van der Waals surface area contributed by atoms with Crippen molar-refractivity contribution in [3.8, 4) is 0 Å². The summed E-state index contributed by atoms with van der Waals surface area (Å²) < 4.78 is 21.9. The molecule has 0 bridgehead atoms. The molecule has 22 heavy (non-hydrogen) atoms. The summed E-state index contributed by atoms with van der Waals surface area (Å²) >= 11 is 1.27. The molecule has 1 aliphatic rings. The van der Waals surface area contributed by atoms with Gasteiger partial charge in [0.05, 0.1) is 11.5 Å². The lowest BCUT2D eigenvalue weighted by atomic mass is 10.1. The maximum absolute atomic E-state index is 10.6. The highest BCUT2D eigenvalue weighted by atomic mass is 32.1. The van der Waals surface area contributed by atoms with Crippen molar-refractivity contribution in [3.05, 3.63) is 16.1 Å². The normalized spacial score (nSPS) is 26.3. The van der Waals surface area contributed by atoms with Crippen LogP contribution in [0.15, 0.2) is 6.20 Å². The molecule has 1 aliphatic heterocycles. The third kappa shape index (κ3) is 3.33. The first-order valence-electron chi connectivity index (χ1n) is 6.97. The Morgan fingerprint density at radius 2 is 2.05 bits per heavy atom. The van der Waals surface area contributed by atoms with Crippen molar-refractivity contribution in [3.63, 3.8) is 0 Å². The van der Waals surface area contributed by atoms with Gasteiger partial charge in [0.15, 0.2) is 10.8 Å². The third-order valence-electron chi connectivity index (χ3n) is 3.70. The van der Waals surface area contributed by atoms with Crippen molar-refractivity contribution in [1.29, 1.82) is 0 Å². The average Bonchev–Trinajstić information content (AvgIpc) is 3.10. The first-order valence-corrected chi connectivity index (χ1v) is 7.79. The molecule has 1 fully saturated rings. The number of methoxy groups -OCH3 is 2. The number of aromatic nitrogens is 1. The van der Waals surface area contributed by atoms with Crippen molar-refractivity contribution in [2.75, 3.05) is 20.8 Å². The fourth-order valence-corrected chi connectivity index (χ4v) is 3.37. The Labute approximate surface area is 133 Å². The van der Waals surface area contributed by atoms with E-state index in [1.807, 2.05) is 0 Å². The monoisotopic (exact) mass is 333 g/mol. The van der Waals surface area contributed by atoms with Gasteiger partial charge in [-0.1, -0.05) is 0 Å². The summed E-state index contributed by atoms with van der Waals surface area (Å²) in [5.74, 6) is -1.81. The van der Waals surface area contributed by atoms with Crippen LogP contribution in [0.1, 0.15) is 36.8 Å². The molecule has 1 aromatic heterocycles. The molecule has 0 saturated carbocycles. The van der Waals surface area contributed by atoms with Crippen LogP contribution in [-0.4, -0.2) is 54.0 Å². The van der Waals surface area contributed by atoms with Crippen LogP contribution in [0.2, 0.25) is 0 Å². The van der Waals surface area contributed by atoms with E-state index in [2.05, 4.69) is 4.98 Å².